The number of rotatable bonds is 6. The summed E-state index contributed by atoms with van der Waals surface area (Å²) in [7, 11) is -1.15. The van der Waals surface area contributed by atoms with Gasteiger partial charge in [-0.25, -0.2) is 13.6 Å². The van der Waals surface area contributed by atoms with E-state index in [1.165, 1.54) is 19.9 Å². The minimum absolute atomic E-state index is 0.0788. The van der Waals surface area contributed by atoms with E-state index in [1.807, 2.05) is 0 Å². The van der Waals surface area contributed by atoms with Crippen molar-refractivity contribution >= 4 is 24.5 Å². The number of carbonyl (C=O) groups excluding carboxylic acids is 2. The predicted molar refractivity (Wildman–Crippen MR) is 107 cm³/mol. The average Bonchev–Trinajstić information content (AvgIpc) is 3.04. The van der Waals surface area contributed by atoms with Gasteiger partial charge in [-0.15, -0.1) is 0 Å². The van der Waals surface area contributed by atoms with Crippen molar-refractivity contribution in [3.63, 3.8) is 0 Å². The minimum Gasteiger partial charge on any atom is -0.459 e. The van der Waals surface area contributed by atoms with Crippen LogP contribution in [0.1, 0.15) is 40.9 Å². The summed E-state index contributed by atoms with van der Waals surface area (Å²) in [5, 5.41) is 22.8. The Morgan fingerprint density at radius 1 is 1.26 bits per heavy atom. The number of aliphatic hydroxyl groups is 1. The molecule has 1 amide bonds. The number of hydrogen-bond donors (Lipinski definition) is 3. The van der Waals surface area contributed by atoms with Crippen molar-refractivity contribution < 1.29 is 37.9 Å². The van der Waals surface area contributed by atoms with Gasteiger partial charge in [0.05, 0.1) is 12.2 Å². The highest BCUT2D eigenvalue weighted by Gasteiger charge is 2.37. The van der Waals surface area contributed by atoms with Gasteiger partial charge in [-0.1, -0.05) is 6.07 Å². The highest BCUT2D eigenvalue weighted by Crippen LogP contribution is 2.18. The van der Waals surface area contributed by atoms with Crippen LogP contribution in [0.2, 0.25) is 0 Å². The number of hydrogen-bond acceptors (Lipinski definition) is 6. The number of carbonyl (C=O) groups is 2. The maximum absolute atomic E-state index is 13.3. The van der Waals surface area contributed by atoms with Gasteiger partial charge in [0.25, 0.3) is 5.91 Å². The first kappa shape index (κ1) is 22.9. The fourth-order valence-corrected chi connectivity index (χ4v) is 3.42. The summed E-state index contributed by atoms with van der Waals surface area (Å²) in [6, 6.07) is 4.42. The van der Waals surface area contributed by atoms with Crippen molar-refractivity contribution in [3.05, 3.63) is 64.2 Å². The standard InChI is InChI=1S/C21H22BF2NO6/c1-11-16(5-4-13-10-31-22(29)17(11)13)19(26)25-18(21(2,3)28)20(27)30-9-12-6-14(23)8-15(24)7-12/h4-8,18,28-29H,9-10H2,1-3H3,(H,25,26). The molecule has 1 heterocycles. The highest BCUT2D eigenvalue weighted by molar-refractivity contribution is 6.62. The van der Waals surface area contributed by atoms with E-state index in [1.54, 1.807) is 13.0 Å². The van der Waals surface area contributed by atoms with Gasteiger partial charge in [-0.2, -0.15) is 0 Å². The van der Waals surface area contributed by atoms with E-state index in [4.69, 9.17) is 9.39 Å². The number of halogens is 2. The van der Waals surface area contributed by atoms with Crippen molar-refractivity contribution in [3.8, 4) is 0 Å². The summed E-state index contributed by atoms with van der Waals surface area (Å²) in [6.07, 6.45) is 0. The van der Waals surface area contributed by atoms with Crippen LogP contribution in [-0.2, 0) is 27.4 Å². The fraction of sp³-hybridized carbons (Fsp3) is 0.333. The van der Waals surface area contributed by atoms with E-state index < -0.39 is 48.9 Å². The molecule has 0 fully saturated rings. The lowest BCUT2D eigenvalue weighted by atomic mass is 9.75. The van der Waals surface area contributed by atoms with Crippen molar-refractivity contribution in [2.24, 2.45) is 0 Å². The summed E-state index contributed by atoms with van der Waals surface area (Å²) in [5.74, 6) is -3.29. The van der Waals surface area contributed by atoms with Gasteiger partial charge in [-0.05, 0) is 61.1 Å². The molecule has 0 bridgehead atoms. The molecule has 1 aliphatic rings. The summed E-state index contributed by atoms with van der Waals surface area (Å²) in [5.41, 5.74) is 0.295. The Bertz CT molecular complexity index is 1000. The monoisotopic (exact) mass is 433 g/mol. The maximum Gasteiger partial charge on any atom is 0.492 e. The zero-order valence-corrected chi connectivity index (χ0v) is 17.2. The lowest BCUT2D eigenvalue weighted by molar-refractivity contribution is -0.153. The van der Waals surface area contributed by atoms with Crippen molar-refractivity contribution in [1.82, 2.24) is 5.32 Å². The topological polar surface area (TPSA) is 105 Å². The number of ether oxygens (including phenoxy) is 1. The average molecular weight is 433 g/mol. The molecule has 0 saturated heterocycles. The Hall–Kier alpha value is -2.82. The second kappa shape index (κ2) is 8.74. The van der Waals surface area contributed by atoms with Crippen LogP contribution in [0.15, 0.2) is 30.3 Å². The smallest absolute Gasteiger partial charge is 0.459 e. The molecule has 0 aliphatic carbocycles. The fourth-order valence-electron chi connectivity index (χ4n) is 3.42. The third-order valence-corrected chi connectivity index (χ3v) is 5.01. The first-order valence-electron chi connectivity index (χ1n) is 9.54. The molecule has 2 aromatic carbocycles. The van der Waals surface area contributed by atoms with Crippen LogP contribution in [0.25, 0.3) is 0 Å². The van der Waals surface area contributed by atoms with E-state index in [2.05, 4.69) is 5.32 Å². The molecule has 0 radical (unpaired) electrons. The summed E-state index contributed by atoms with van der Waals surface area (Å²) in [4.78, 5) is 25.4. The maximum atomic E-state index is 13.3. The van der Waals surface area contributed by atoms with Crippen LogP contribution in [0.3, 0.4) is 0 Å². The Balaban J connectivity index is 1.76. The van der Waals surface area contributed by atoms with Crippen molar-refractivity contribution in [1.29, 1.82) is 0 Å². The second-order valence-corrected chi connectivity index (χ2v) is 7.92. The zero-order valence-electron chi connectivity index (χ0n) is 17.2. The molecule has 2 aromatic rings. The molecule has 7 nitrogen and oxygen atoms in total. The zero-order chi connectivity index (χ0) is 22.9. The number of fused-ring (bicyclic) bond motifs is 1. The van der Waals surface area contributed by atoms with Gasteiger partial charge in [-0.3, -0.25) is 4.79 Å². The summed E-state index contributed by atoms with van der Waals surface area (Å²) < 4.78 is 36.9. The molecule has 1 atom stereocenters. The molecule has 1 aliphatic heterocycles. The SMILES string of the molecule is Cc1c(C(=O)NC(C(=O)OCc2cc(F)cc(F)c2)C(C)(C)O)ccc2c1B(O)OC2. The van der Waals surface area contributed by atoms with Gasteiger partial charge in [0, 0.05) is 11.6 Å². The normalized spacial score (nSPS) is 14.2. The van der Waals surface area contributed by atoms with Gasteiger partial charge in [0.15, 0.2) is 6.04 Å². The molecular weight excluding hydrogens is 411 g/mol. The van der Waals surface area contributed by atoms with Crippen LogP contribution >= 0.6 is 0 Å². The third kappa shape index (κ3) is 5.09. The van der Waals surface area contributed by atoms with E-state index in [9.17, 15) is 28.5 Å². The van der Waals surface area contributed by atoms with E-state index in [0.29, 0.717) is 17.1 Å². The van der Waals surface area contributed by atoms with Crippen LogP contribution in [0, 0.1) is 18.6 Å². The van der Waals surface area contributed by atoms with Crippen LogP contribution in [-0.4, -0.2) is 40.8 Å². The van der Waals surface area contributed by atoms with Gasteiger partial charge in [0.2, 0.25) is 0 Å². The Labute approximate surface area is 178 Å². The first-order chi connectivity index (χ1) is 14.5. The van der Waals surface area contributed by atoms with Gasteiger partial charge >= 0.3 is 13.1 Å². The lowest BCUT2D eigenvalue weighted by Gasteiger charge is -2.28. The highest BCUT2D eigenvalue weighted by atomic mass is 19.1. The summed E-state index contributed by atoms with van der Waals surface area (Å²) >= 11 is 0. The van der Waals surface area contributed by atoms with Gasteiger partial charge < -0.3 is 24.8 Å². The van der Waals surface area contributed by atoms with Crippen molar-refractivity contribution in [2.45, 2.75) is 45.6 Å². The van der Waals surface area contributed by atoms with E-state index >= 15 is 0 Å². The molecule has 0 spiro atoms. The molecule has 0 aromatic heterocycles. The van der Waals surface area contributed by atoms with Crippen molar-refractivity contribution in [2.75, 3.05) is 0 Å². The molecule has 1 unspecified atom stereocenters. The Kier molecular flexibility index (Phi) is 6.44. The molecule has 0 saturated carbocycles. The molecular formula is C21H22BF2NO6. The quantitative estimate of drug-likeness (QED) is 0.466. The summed E-state index contributed by atoms with van der Waals surface area (Å²) in [6.45, 7) is 4.04. The molecule has 10 heteroatoms. The Morgan fingerprint density at radius 3 is 2.52 bits per heavy atom. The second-order valence-electron chi connectivity index (χ2n) is 7.92. The molecule has 3 N–H and O–H groups in total. The minimum atomic E-state index is -1.70. The molecule has 31 heavy (non-hydrogen) atoms. The van der Waals surface area contributed by atoms with Crippen LogP contribution < -0.4 is 10.8 Å². The number of nitrogens with one attached hydrogen (secondary N) is 1. The van der Waals surface area contributed by atoms with E-state index in [-0.39, 0.29) is 17.7 Å². The molecule has 164 valence electrons. The third-order valence-electron chi connectivity index (χ3n) is 5.01. The Morgan fingerprint density at radius 2 is 1.90 bits per heavy atom. The first-order valence-corrected chi connectivity index (χ1v) is 9.54. The lowest BCUT2D eigenvalue weighted by Crippen LogP contribution is -2.55. The molecule has 3 rings (SSSR count). The number of amides is 1. The van der Waals surface area contributed by atoms with E-state index in [0.717, 1.165) is 17.7 Å². The number of benzene rings is 2. The van der Waals surface area contributed by atoms with Crippen LogP contribution in [0.4, 0.5) is 8.78 Å². The number of esters is 1. The van der Waals surface area contributed by atoms with Crippen LogP contribution in [0.5, 0.6) is 0 Å². The predicted octanol–water partition coefficient (Wildman–Crippen LogP) is 1.10. The van der Waals surface area contributed by atoms with Gasteiger partial charge in [0.1, 0.15) is 18.2 Å². The largest absolute Gasteiger partial charge is 0.492 e.